The largest absolute Gasteiger partial charge is 0.0530 e. The van der Waals surface area contributed by atoms with E-state index in [-0.39, 0.29) is 0 Å². The highest BCUT2D eigenvalue weighted by Crippen LogP contribution is 2.57. The third-order valence-corrected chi connectivity index (χ3v) is 7.08. The van der Waals surface area contributed by atoms with Crippen LogP contribution in [-0.4, -0.2) is 0 Å². The Balaban J connectivity index is 1.56. The van der Waals surface area contributed by atoms with Gasteiger partial charge in [0.1, 0.15) is 0 Å². The van der Waals surface area contributed by atoms with Crippen molar-refractivity contribution in [1.29, 1.82) is 0 Å². The summed E-state index contributed by atoms with van der Waals surface area (Å²) in [7, 11) is 0. The maximum Gasteiger partial charge on any atom is -0.0352 e. The van der Waals surface area contributed by atoms with Crippen LogP contribution < -0.4 is 0 Å². The predicted molar refractivity (Wildman–Crippen MR) is 71.7 cm³/mol. The average molecular weight is 232 g/mol. The summed E-state index contributed by atoms with van der Waals surface area (Å²) in [6, 6.07) is 0. The molecule has 6 unspecified atom stereocenters. The Kier molecular flexibility index (Phi) is 2.74. The summed E-state index contributed by atoms with van der Waals surface area (Å²) in [6.45, 7) is 0. The summed E-state index contributed by atoms with van der Waals surface area (Å²) < 4.78 is 0. The van der Waals surface area contributed by atoms with E-state index in [1.807, 2.05) is 0 Å². The van der Waals surface area contributed by atoms with Crippen molar-refractivity contribution in [2.45, 2.75) is 70.6 Å². The Morgan fingerprint density at radius 3 is 1.59 bits per heavy atom. The van der Waals surface area contributed by atoms with Gasteiger partial charge in [0.15, 0.2) is 0 Å². The molecule has 4 rings (SSSR count). The van der Waals surface area contributed by atoms with E-state index in [2.05, 4.69) is 0 Å². The first-order valence-electron chi connectivity index (χ1n) is 8.43. The highest BCUT2D eigenvalue weighted by atomic mass is 14.5. The van der Waals surface area contributed by atoms with Gasteiger partial charge in [-0.05, 0) is 74.0 Å². The van der Waals surface area contributed by atoms with Gasteiger partial charge in [-0.3, -0.25) is 0 Å². The SMILES string of the molecule is C1CCC2C(C1)CCC1C3CCCC3CCC21. The minimum absolute atomic E-state index is 1.16. The zero-order valence-electron chi connectivity index (χ0n) is 11.2. The van der Waals surface area contributed by atoms with Gasteiger partial charge in [-0.2, -0.15) is 0 Å². The Morgan fingerprint density at radius 2 is 0.882 bits per heavy atom. The lowest BCUT2D eigenvalue weighted by Crippen LogP contribution is -2.43. The van der Waals surface area contributed by atoms with E-state index in [9.17, 15) is 0 Å². The van der Waals surface area contributed by atoms with Crippen LogP contribution in [0.3, 0.4) is 0 Å². The van der Waals surface area contributed by atoms with E-state index in [4.69, 9.17) is 0 Å². The van der Waals surface area contributed by atoms with Gasteiger partial charge < -0.3 is 0 Å². The summed E-state index contributed by atoms with van der Waals surface area (Å²) in [5.74, 6) is 7.02. The van der Waals surface area contributed by atoms with E-state index >= 15 is 0 Å². The van der Waals surface area contributed by atoms with Gasteiger partial charge in [0.25, 0.3) is 0 Å². The van der Waals surface area contributed by atoms with Gasteiger partial charge in [-0.25, -0.2) is 0 Å². The maximum absolute atomic E-state index is 1.62. The molecule has 0 aromatic carbocycles. The van der Waals surface area contributed by atoms with Crippen LogP contribution in [0.1, 0.15) is 70.6 Å². The van der Waals surface area contributed by atoms with Crippen molar-refractivity contribution in [3.63, 3.8) is 0 Å². The molecule has 0 heterocycles. The Bertz CT molecular complexity index is 282. The first-order chi connectivity index (χ1) is 8.43. The normalized spacial score (nSPS) is 53.6. The van der Waals surface area contributed by atoms with E-state index in [1.54, 1.807) is 70.6 Å². The zero-order valence-corrected chi connectivity index (χ0v) is 11.2. The van der Waals surface area contributed by atoms with Crippen molar-refractivity contribution in [2.24, 2.45) is 35.5 Å². The van der Waals surface area contributed by atoms with Crippen LogP contribution >= 0.6 is 0 Å². The van der Waals surface area contributed by atoms with E-state index in [1.165, 1.54) is 23.7 Å². The molecule has 0 aromatic heterocycles. The Labute approximate surface area is 107 Å². The first kappa shape index (κ1) is 10.9. The minimum Gasteiger partial charge on any atom is -0.0530 e. The number of rotatable bonds is 0. The summed E-state index contributed by atoms with van der Waals surface area (Å²) in [5, 5.41) is 0. The molecule has 6 atom stereocenters. The highest BCUT2D eigenvalue weighted by molar-refractivity contribution is 4.98. The van der Waals surface area contributed by atoms with Gasteiger partial charge in [0, 0.05) is 0 Å². The molecule has 0 radical (unpaired) electrons. The van der Waals surface area contributed by atoms with Crippen LogP contribution in [0.5, 0.6) is 0 Å². The molecule has 96 valence electrons. The van der Waals surface area contributed by atoms with E-state index < -0.39 is 0 Å². The van der Waals surface area contributed by atoms with Crippen LogP contribution in [0.4, 0.5) is 0 Å². The second kappa shape index (κ2) is 4.28. The monoisotopic (exact) mass is 232 g/mol. The Morgan fingerprint density at radius 1 is 0.353 bits per heavy atom. The molecule has 0 saturated heterocycles. The first-order valence-corrected chi connectivity index (χ1v) is 8.43. The molecule has 4 aliphatic carbocycles. The second-order valence-electron chi connectivity index (χ2n) is 7.55. The number of hydrogen-bond acceptors (Lipinski definition) is 0. The smallest absolute Gasteiger partial charge is 0.0352 e. The van der Waals surface area contributed by atoms with Crippen molar-refractivity contribution < 1.29 is 0 Å². The van der Waals surface area contributed by atoms with Crippen molar-refractivity contribution >= 4 is 0 Å². The van der Waals surface area contributed by atoms with Crippen LogP contribution in [0.2, 0.25) is 0 Å². The molecule has 4 saturated carbocycles. The minimum atomic E-state index is 1.16. The maximum atomic E-state index is 1.62. The van der Waals surface area contributed by atoms with Gasteiger partial charge in [-0.15, -0.1) is 0 Å². The van der Waals surface area contributed by atoms with Crippen LogP contribution in [0, 0.1) is 35.5 Å². The third-order valence-electron chi connectivity index (χ3n) is 7.08. The van der Waals surface area contributed by atoms with Crippen molar-refractivity contribution in [2.75, 3.05) is 0 Å². The van der Waals surface area contributed by atoms with Crippen LogP contribution in [0.15, 0.2) is 0 Å². The molecule has 4 aliphatic rings. The lowest BCUT2D eigenvalue weighted by molar-refractivity contribution is -0.0184. The van der Waals surface area contributed by atoms with Crippen LogP contribution in [0.25, 0.3) is 0 Å². The van der Waals surface area contributed by atoms with Crippen molar-refractivity contribution in [3.8, 4) is 0 Å². The quantitative estimate of drug-likeness (QED) is 0.549. The molecule has 0 heteroatoms. The zero-order chi connectivity index (χ0) is 11.2. The second-order valence-corrected chi connectivity index (χ2v) is 7.55. The molecule has 0 bridgehead atoms. The lowest BCUT2D eigenvalue weighted by atomic mass is 9.54. The lowest BCUT2D eigenvalue weighted by Gasteiger charge is -2.51. The Hall–Kier alpha value is 0. The molecule has 0 amide bonds. The van der Waals surface area contributed by atoms with E-state index in [0.717, 1.165) is 11.8 Å². The molecule has 0 spiro atoms. The fourth-order valence-corrected chi connectivity index (χ4v) is 6.45. The summed E-state index contributed by atoms with van der Waals surface area (Å²) in [5.41, 5.74) is 0. The molecule has 17 heavy (non-hydrogen) atoms. The van der Waals surface area contributed by atoms with Crippen molar-refractivity contribution in [1.82, 2.24) is 0 Å². The number of fused-ring (bicyclic) bond motifs is 5. The van der Waals surface area contributed by atoms with Gasteiger partial charge in [0.2, 0.25) is 0 Å². The van der Waals surface area contributed by atoms with Gasteiger partial charge >= 0.3 is 0 Å². The molecule has 0 N–H and O–H groups in total. The average Bonchev–Trinajstić information content (AvgIpc) is 2.86. The molecule has 0 nitrogen and oxygen atoms in total. The topological polar surface area (TPSA) is 0 Å². The molecule has 0 aliphatic heterocycles. The third kappa shape index (κ3) is 1.70. The fraction of sp³-hybridized carbons (Fsp3) is 1.00. The standard InChI is InChI=1S/C17H28/c1-2-6-14-12(4-1)8-10-17-15-7-3-5-13(15)9-11-16(14)17/h12-17H,1-11H2. The van der Waals surface area contributed by atoms with Crippen molar-refractivity contribution in [3.05, 3.63) is 0 Å². The summed E-state index contributed by atoms with van der Waals surface area (Å²) >= 11 is 0. The highest BCUT2D eigenvalue weighted by Gasteiger charge is 2.48. The molecular formula is C17H28. The fourth-order valence-electron chi connectivity index (χ4n) is 6.45. The summed E-state index contributed by atoms with van der Waals surface area (Å²) in [4.78, 5) is 0. The summed E-state index contributed by atoms with van der Waals surface area (Å²) in [6.07, 6.45) is 17.5. The molecule has 0 aromatic rings. The van der Waals surface area contributed by atoms with Crippen LogP contribution in [-0.2, 0) is 0 Å². The number of hydrogen-bond donors (Lipinski definition) is 0. The molecule has 4 fully saturated rings. The predicted octanol–water partition coefficient (Wildman–Crippen LogP) is 5.03. The van der Waals surface area contributed by atoms with Gasteiger partial charge in [0.05, 0.1) is 0 Å². The van der Waals surface area contributed by atoms with Gasteiger partial charge in [-0.1, -0.05) is 32.1 Å². The van der Waals surface area contributed by atoms with E-state index in [0.29, 0.717) is 0 Å². The molecular weight excluding hydrogens is 204 g/mol.